The fraction of sp³-hybridized carbons (Fsp3) is 0.200. The Morgan fingerprint density at radius 2 is 1.87 bits per heavy atom. The zero-order valence-electron chi connectivity index (χ0n) is 11.3. The van der Waals surface area contributed by atoms with E-state index in [1.165, 1.54) is 6.07 Å². The standard InChI is InChI=1S/C14H11N3O5.CH4/c18-5-4-15-16-13(19)10-3-1-2-8-6-9(17(21)22)7-11(12(8)10)14(16)20;/h1-3,6-7,15,18H,4-5H2;1H4. The molecule has 120 valence electrons. The first-order valence-corrected chi connectivity index (χ1v) is 6.49. The molecular weight excluding hydrogens is 302 g/mol. The molecule has 0 bridgehead atoms. The molecule has 8 heteroatoms. The highest BCUT2D eigenvalue weighted by atomic mass is 16.6. The lowest BCUT2D eigenvalue weighted by atomic mass is 9.94. The molecule has 1 aliphatic heterocycles. The average Bonchev–Trinajstić information content (AvgIpc) is 2.51. The molecule has 0 aliphatic carbocycles. The first kappa shape index (κ1) is 16.5. The Labute approximate surface area is 131 Å². The summed E-state index contributed by atoms with van der Waals surface area (Å²) in [7, 11) is 0. The third-order valence-electron chi connectivity index (χ3n) is 3.42. The van der Waals surface area contributed by atoms with Crippen molar-refractivity contribution in [3.05, 3.63) is 51.6 Å². The Morgan fingerprint density at radius 1 is 1.17 bits per heavy atom. The number of carbonyl (C=O) groups excluding carboxylic acids is 2. The van der Waals surface area contributed by atoms with E-state index in [4.69, 9.17) is 5.11 Å². The summed E-state index contributed by atoms with van der Waals surface area (Å²) in [5.74, 6) is -1.23. The van der Waals surface area contributed by atoms with Crippen molar-refractivity contribution in [3.8, 4) is 0 Å². The van der Waals surface area contributed by atoms with Gasteiger partial charge in [-0.15, -0.1) is 0 Å². The van der Waals surface area contributed by atoms with Crippen molar-refractivity contribution in [2.75, 3.05) is 13.2 Å². The van der Waals surface area contributed by atoms with Gasteiger partial charge in [0.05, 0.1) is 22.7 Å². The van der Waals surface area contributed by atoms with Crippen molar-refractivity contribution >= 4 is 28.3 Å². The maximum atomic E-state index is 12.4. The highest BCUT2D eigenvalue weighted by molar-refractivity contribution is 6.25. The first-order chi connectivity index (χ1) is 10.5. The molecule has 0 radical (unpaired) electrons. The van der Waals surface area contributed by atoms with Gasteiger partial charge in [0.15, 0.2) is 0 Å². The second-order valence-electron chi connectivity index (χ2n) is 4.73. The van der Waals surface area contributed by atoms with Gasteiger partial charge in [0.2, 0.25) is 0 Å². The second-order valence-corrected chi connectivity index (χ2v) is 4.73. The summed E-state index contributed by atoms with van der Waals surface area (Å²) >= 11 is 0. The van der Waals surface area contributed by atoms with Crippen molar-refractivity contribution in [2.24, 2.45) is 0 Å². The maximum absolute atomic E-state index is 12.4. The highest BCUT2D eigenvalue weighted by Crippen LogP contribution is 2.32. The van der Waals surface area contributed by atoms with E-state index in [1.54, 1.807) is 18.2 Å². The lowest BCUT2D eigenvalue weighted by Gasteiger charge is -2.27. The van der Waals surface area contributed by atoms with Crippen LogP contribution in [0.3, 0.4) is 0 Å². The van der Waals surface area contributed by atoms with Crippen molar-refractivity contribution in [2.45, 2.75) is 7.43 Å². The average molecular weight is 317 g/mol. The van der Waals surface area contributed by atoms with Gasteiger partial charge < -0.3 is 5.11 Å². The predicted molar refractivity (Wildman–Crippen MR) is 82.9 cm³/mol. The number of imide groups is 1. The van der Waals surface area contributed by atoms with Crippen molar-refractivity contribution in [3.63, 3.8) is 0 Å². The van der Waals surface area contributed by atoms with Crippen LogP contribution in [0.1, 0.15) is 28.1 Å². The number of nitro benzene ring substituents is 1. The summed E-state index contributed by atoms with van der Waals surface area (Å²) in [5.41, 5.74) is 2.67. The Hall–Kier alpha value is -2.84. The normalized spacial score (nSPS) is 13.2. The third-order valence-corrected chi connectivity index (χ3v) is 3.42. The summed E-state index contributed by atoms with van der Waals surface area (Å²) in [4.78, 5) is 35.2. The molecular formula is C15H15N3O5. The Kier molecular flexibility index (Phi) is 4.39. The molecule has 2 aromatic rings. The molecule has 0 aromatic heterocycles. The van der Waals surface area contributed by atoms with E-state index in [0.29, 0.717) is 10.8 Å². The molecule has 23 heavy (non-hydrogen) atoms. The van der Waals surface area contributed by atoms with Gasteiger partial charge in [0.1, 0.15) is 0 Å². The largest absolute Gasteiger partial charge is 0.395 e. The van der Waals surface area contributed by atoms with Crippen LogP contribution in [0.2, 0.25) is 0 Å². The molecule has 2 aromatic carbocycles. The Morgan fingerprint density at radius 3 is 2.52 bits per heavy atom. The first-order valence-electron chi connectivity index (χ1n) is 6.49. The number of hydrazine groups is 1. The second kappa shape index (κ2) is 6.11. The number of aliphatic hydroxyl groups excluding tert-OH is 1. The summed E-state index contributed by atoms with van der Waals surface area (Å²) in [6, 6.07) is 7.27. The third kappa shape index (κ3) is 2.54. The maximum Gasteiger partial charge on any atom is 0.276 e. The minimum absolute atomic E-state index is 0. The number of hydrogen-bond donors (Lipinski definition) is 2. The van der Waals surface area contributed by atoms with E-state index in [-0.39, 0.29) is 37.4 Å². The number of nitrogens with one attached hydrogen (secondary N) is 1. The van der Waals surface area contributed by atoms with Crippen molar-refractivity contribution in [1.82, 2.24) is 10.4 Å². The van der Waals surface area contributed by atoms with Crippen LogP contribution in [0.5, 0.6) is 0 Å². The summed E-state index contributed by atoms with van der Waals surface area (Å²) in [5, 5.41) is 21.5. The molecule has 3 rings (SSSR count). The number of benzene rings is 2. The molecule has 8 nitrogen and oxygen atoms in total. The molecule has 0 atom stereocenters. The summed E-state index contributed by atoms with van der Waals surface area (Å²) in [6.45, 7) is -0.249. The van der Waals surface area contributed by atoms with Gasteiger partial charge in [-0.05, 0) is 11.5 Å². The number of hydrogen-bond acceptors (Lipinski definition) is 6. The van der Waals surface area contributed by atoms with E-state index in [2.05, 4.69) is 5.43 Å². The summed E-state index contributed by atoms with van der Waals surface area (Å²) < 4.78 is 0. The van der Waals surface area contributed by atoms with Gasteiger partial charge in [-0.2, -0.15) is 0 Å². The molecule has 0 saturated heterocycles. The predicted octanol–water partition coefficient (Wildman–Crippen LogP) is 1.48. The van der Waals surface area contributed by atoms with E-state index >= 15 is 0 Å². The van der Waals surface area contributed by atoms with E-state index < -0.39 is 16.7 Å². The van der Waals surface area contributed by atoms with Crippen LogP contribution in [-0.4, -0.2) is 40.0 Å². The van der Waals surface area contributed by atoms with Crippen molar-refractivity contribution < 1.29 is 19.6 Å². The van der Waals surface area contributed by atoms with Gasteiger partial charge in [-0.25, -0.2) is 10.4 Å². The highest BCUT2D eigenvalue weighted by Gasteiger charge is 2.34. The lowest BCUT2D eigenvalue weighted by molar-refractivity contribution is -0.384. The SMILES string of the molecule is C.O=C1c2cccc3cc([N+](=O)[O-])cc(c23)C(=O)N1NCCO. The van der Waals surface area contributed by atoms with Gasteiger partial charge >= 0.3 is 0 Å². The van der Waals surface area contributed by atoms with Crippen LogP contribution < -0.4 is 5.43 Å². The van der Waals surface area contributed by atoms with Gasteiger partial charge in [-0.3, -0.25) is 19.7 Å². The quantitative estimate of drug-likeness (QED) is 0.501. The Balaban J connectivity index is 0.00000192. The number of non-ortho nitro benzene ring substituents is 1. The molecule has 2 amide bonds. The monoisotopic (exact) mass is 317 g/mol. The molecule has 0 fully saturated rings. The van der Waals surface area contributed by atoms with Crippen molar-refractivity contribution in [1.29, 1.82) is 0 Å². The topological polar surface area (TPSA) is 113 Å². The van der Waals surface area contributed by atoms with Crippen LogP contribution in [0.25, 0.3) is 10.8 Å². The zero-order chi connectivity index (χ0) is 15.9. The molecule has 1 aliphatic rings. The number of nitro groups is 1. The molecule has 1 heterocycles. The van der Waals surface area contributed by atoms with Crippen LogP contribution in [0.15, 0.2) is 30.3 Å². The smallest absolute Gasteiger partial charge is 0.276 e. The number of aliphatic hydroxyl groups is 1. The molecule has 0 saturated carbocycles. The zero-order valence-corrected chi connectivity index (χ0v) is 11.3. The van der Waals surface area contributed by atoms with Crippen LogP contribution in [0, 0.1) is 10.1 Å². The minimum Gasteiger partial charge on any atom is -0.395 e. The number of amides is 2. The van der Waals surface area contributed by atoms with Gasteiger partial charge in [0, 0.05) is 24.1 Å². The van der Waals surface area contributed by atoms with Gasteiger partial charge in [0.25, 0.3) is 17.5 Å². The van der Waals surface area contributed by atoms with E-state index in [9.17, 15) is 19.7 Å². The van der Waals surface area contributed by atoms with Crippen LogP contribution >= 0.6 is 0 Å². The fourth-order valence-corrected chi connectivity index (χ4v) is 2.50. The molecule has 0 unspecified atom stereocenters. The number of rotatable bonds is 4. The Bertz CT molecular complexity index is 818. The molecule has 0 spiro atoms. The lowest BCUT2D eigenvalue weighted by Crippen LogP contribution is -2.50. The summed E-state index contributed by atoms with van der Waals surface area (Å²) in [6.07, 6.45) is 0. The molecule has 2 N–H and O–H groups in total. The number of nitrogens with zero attached hydrogens (tertiary/aromatic N) is 2. The van der Waals surface area contributed by atoms with E-state index in [1.807, 2.05) is 0 Å². The number of carbonyl (C=O) groups is 2. The fourth-order valence-electron chi connectivity index (χ4n) is 2.50. The van der Waals surface area contributed by atoms with E-state index in [0.717, 1.165) is 11.1 Å². The van der Waals surface area contributed by atoms with Crippen LogP contribution in [0.4, 0.5) is 5.69 Å². The minimum atomic E-state index is -0.675. The van der Waals surface area contributed by atoms with Crippen LogP contribution in [-0.2, 0) is 0 Å². The van der Waals surface area contributed by atoms with Gasteiger partial charge in [-0.1, -0.05) is 19.6 Å².